The molecule has 0 aromatic rings. The lowest BCUT2D eigenvalue weighted by Crippen LogP contribution is -2.33. The van der Waals surface area contributed by atoms with Crippen molar-refractivity contribution >= 4 is 0 Å². The van der Waals surface area contributed by atoms with E-state index in [2.05, 4.69) is 5.32 Å². The van der Waals surface area contributed by atoms with Crippen molar-refractivity contribution in [3.8, 4) is 0 Å². The lowest BCUT2D eigenvalue weighted by Gasteiger charge is -2.27. The van der Waals surface area contributed by atoms with E-state index in [1.807, 2.05) is 0 Å². The highest BCUT2D eigenvalue weighted by Crippen LogP contribution is 2.50. The van der Waals surface area contributed by atoms with E-state index in [0.29, 0.717) is 0 Å². The zero-order valence-electron chi connectivity index (χ0n) is 6.34. The summed E-state index contributed by atoms with van der Waals surface area (Å²) in [5.41, 5.74) is 0. The van der Waals surface area contributed by atoms with Crippen molar-refractivity contribution in [2.24, 2.45) is 11.8 Å². The Balaban J connectivity index is 1.80. The fraction of sp³-hybridized carbons (Fsp3) is 1.00. The van der Waals surface area contributed by atoms with E-state index in [1.165, 1.54) is 32.1 Å². The molecule has 4 atom stereocenters. The van der Waals surface area contributed by atoms with Crippen LogP contribution in [-0.4, -0.2) is 12.1 Å². The van der Waals surface area contributed by atoms with Gasteiger partial charge in [0.1, 0.15) is 0 Å². The van der Waals surface area contributed by atoms with Crippen LogP contribution in [0.4, 0.5) is 0 Å². The Bertz CT molecular complexity index is 155. The molecule has 2 saturated carbocycles. The van der Waals surface area contributed by atoms with Gasteiger partial charge in [-0.1, -0.05) is 12.8 Å². The maximum Gasteiger partial charge on any atom is 0.0105 e. The van der Waals surface area contributed by atoms with Crippen LogP contribution in [-0.2, 0) is 0 Å². The molecule has 1 N–H and O–H groups in total. The van der Waals surface area contributed by atoms with Gasteiger partial charge in [0.05, 0.1) is 0 Å². The Morgan fingerprint density at radius 3 is 2.70 bits per heavy atom. The second-order valence-corrected chi connectivity index (χ2v) is 4.23. The molecule has 0 bridgehead atoms. The summed E-state index contributed by atoms with van der Waals surface area (Å²) in [6.07, 6.45) is 7.48. The number of hydrogen-bond acceptors (Lipinski definition) is 1. The van der Waals surface area contributed by atoms with Gasteiger partial charge in [0.25, 0.3) is 0 Å². The smallest absolute Gasteiger partial charge is 0.0105 e. The minimum atomic E-state index is 0.942. The largest absolute Gasteiger partial charge is 0.311 e. The average molecular weight is 137 g/mol. The van der Waals surface area contributed by atoms with Gasteiger partial charge in [-0.2, -0.15) is 0 Å². The fourth-order valence-corrected chi connectivity index (χ4v) is 3.03. The molecule has 1 nitrogen and oxygen atoms in total. The van der Waals surface area contributed by atoms with Gasteiger partial charge < -0.3 is 5.32 Å². The van der Waals surface area contributed by atoms with E-state index in [4.69, 9.17) is 0 Å². The normalized spacial score (nSPS) is 57.6. The molecule has 10 heavy (non-hydrogen) atoms. The number of hydrogen-bond donors (Lipinski definition) is 1. The van der Waals surface area contributed by atoms with Gasteiger partial charge in [0.2, 0.25) is 0 Å². The standard InChI is InChI=1S/C9H15N/c1-2-4-8-6(3-1)7-5-9(7)10-8/h6-10H,1-5H2. The highest BCUT2D eigenvalue weighted by atomic mass is 15.1. The molecule has 1 saturated heterocycles. The lowest BCUT2D eigenvalue weighted by molar-refractivity contribution is 0.286. The van der Waals surface area contributed by atoms with Gasteiger partial charge in [-0.15, -0.1) is 0 Å². The molecule has 3 rings (SSSR count). The first-order valence-corrected chi connectivity index (χ1v) is 4.71. The molecular formula is C9H15N. The van der Waals surface area contributed by atoms with Crippen molar-refractivity contribution in [3.63, 3.8) is 0 Å². The van der Waals surface area contributed by atoms with E-state index in [0.717, 1.165) is 23.9 Å². The Hall–Kier alpha value is -0.0400. The molecule has 4 unspecified atom stereocenters. The Kier molecular flexibility index (Phi) is 0.984. The second-order valence-electron chi connectivity index (χ2n) is 4.23. The average Bonchev–Trinajstić information content (AvgIpc) is 2.64. The molecule has 3 fully saturated rings. The SMILES string of the molecule is C1CCC2C(C1)NC1CC12. The van der Waals surface area contributed by atoms with Gasteiger partial charge in [0.15, 0.2) is 0 Å². The maximum atomic E-state index is 3.73. The molecule has 2 aliphatic carbocycles. The fourth-order valence-electron chi connectivity index (χ4n) is 3.03. The topological polar surface area (TPSA) is 12.0 Å². The van der Waals surface area contributed by atoms with Gasteiger partial charge >= 0.3 is 0 Å². The summed E-state index contributed by atoms with van der Waals surface area (Å²) in [5, 5.41) is 3.73. The molecule has 0 amide bonds. The van der Waals surface area contributed by atoms with Crippen LogP contribution in [0.15, 0.2) is 0 Å². The van der Waals surface area contributed by atoms with Crippen LogP contribution in [0.2, 0.25) is 0 Å². The number of rotatable bonds is 0. The predicted molar refractivity (Wildman–Crippen MR) is 40.8 cm³/mol. The van der Waals surface area contributed by atoms with Crippen LogP contribution in [0.5, 0.6) is 0 Å². The molecule has 0 radical (unpaired) electrons. The lowest BCUT2D eigenvalue weighted by atomic mass is 9.83. The summed E-state index contributed by atoms with van der Waals surface area (Å²) in [5.74, 6) is 2.21. The van der Waals surface area contributed by atoms with Crippen molar-refractivity contribution in [1.29, 1.82) is 0 Å². The summed E-state index contributed by atoms with van der Waals surface area (Å²) in [6.45, 7) is 0. The Morgan fingerprint density at radius 1 is 0.900 bits per heavy atom. The molecule has 56 valence electrons. The van der Waals surface area contributed by atoms with Crippen molar-refractivity contribution in [3.05, 3.63) is 0 Å². The van der Waals surface area contributed by atoms with Crippen LogP contribution >= 0.6 is 0 Å². The third kappa shape index (κ3) is 0.619. The van der Waals surface area contributed by atoms with Crippen molar-refractivity contribution < 1.29 is 0 Å². The van der Waals surface area contributed by atoms with E-state index < -0.39 is 0 Å². The molecule has 0 aromatic heterocycles. The highest BCUT2D eigenvalue weighted by Gasteiger charge is 2.52. The first-order valence-electron chi connectivity index (χ1n) is 4.71. The van der Waals surface area contributed by atoms with E-state index in [-0.39, 0.29) is 0 Å². The van der Waals surface area contributed by atoms with Crippen molar-refractivity contribution in [2.45, 2.75) is 44.2 Å². The van der Waals surface area contributed by atoms with E-state index in [9.17, 15) is 0 Å². The van der Waals surface area contributed by atoms with Crippen LogP contribution < -0.4 is 5.32 Å². The summed E-state index contributed by atoms with van der Waals surface area (Å²) in [7, 11) is 0. The summed E-state index contributed by atoms with van der Waals surface area (Å²) in [4.78, 5) is 0. The molecule has 0 aromatic carbocycles. The molecule has 0 spiro atoms. The van der Waals surface area contributed by atoms with Crippen LogP contribution in [0, 0.1) is 11.8 Å². The molecule has 1 heteroatoms. The van der Waals surface area contributed by atoms with Crippen molar-refractivity contribution in [1.82, 2.24) is 5.32 Å². The minimum Gasteiger partial charge on any atom is -0.311 e. The first kappa shape index (κ1) is 5.59. The first-order chi connectivity index (χ1) is 4.95. The van der Waals surface area contributed by atoms with E-state index in [1.54, 1.807) is 0 Å². The number of piperidine rings is 1. The summed E-state index contributed by atoms with van der Waals surface area (Å²) < 4.78 is 0. The Morgan fingerprint density at radius 2 is 1.80 bits per heavy atom. The third-order valence-corrected chi connectivity index (χ3v) is 3.64. The minimum absolute atomic E-state index is 0.942. The third-order valence-electron chi connectivity index (χ3n) is 3.64. The predicted octanol–water partition coefficient (Wildman–Crippen LogP) is 1.54. The van der Waals surface area contributed by atoms with Crippen LogP contribution in [0.1, 0.15) is 32.1 Å². The second kappa shape index (κ2) is 1.76. The molecular weight excluding hydrogens is 122 g/mol. The molecule has 3 aliphatic rings. The Labute approximate surface area is 62.2 Å². The number of nitrogens with one attached hydrogen (secondary N) is 1. The monoisotopic (exact) mass is 137 g/mol. The molecule has 1 heterocycles. The van der Waals surface area contributed by atoms with Crippen LogP contribution in [0.25, 0.3) is 0 Å². The van der Waals surface area contributed by atoms with Gasteiger partial charge in [-0.25, -0.2) is 0 Å². The number of fused-ring (bicyclic) bond motifs is 3. The molecule has 1 aliphatic heterocycles. The summed E-state index contributed by atoms with van der Waals surface area (Å²) in [6, 6.07) is 1.91. The van der Waals surface area contributed by atoms with Gasteiger partial charge in [-0.05, 0) is 31.1 Å². The van der Waals surface area contributed by atoms with Gasteiger partial charge in [-0.3, -0.25) is 0 Å². The quantitative estimate of drug-likeness (QED) is 0.534. The van der Waals surface area contributed by atoms with Crippen molar-refractivity contribution in [2.75, 3.05) is 0 Å². The summed E-state index contributed by atoms with van der Waals surface area (Å²) >= 11 is 0. The zero-order valence-corrected chi connectivity index (χ0v) is 6.34. The maximum absolute atomic E-state index is 3.73. The van der Waals surface area contributed by atoms with Crippen LogP contribution in [0.3, 0.4) is 0 Å². The van der Waals surface area contributed by atoms with Gasteiger partial charge in [0, 0.05) is 12.1 Å². The van der Waals surface area contributed by atoms with E-state index >= 15 is 0 Å². The zero-order chi connectivity index (χ0) is 6.55. The highest BCUT2D eigenvalue weighted by molar-refractivity contribution is 5.09.